The number of hydrogen-bond donors (Lipinski definition) is 3. The van der Waals surface area contributed by atoms with E-state index in [1.807, 2.05) is 26.0 Å². The van der Waals surface area contributed by atoms with Gasteiger partial charge in [-0.15, -0.1) is 0 Å². The van der Waals surface area contributed by atoms with Gasteiger partial charge in [0.25, 0.3) is 5.91 Å². The van der Waals surface area contributed by atoms with E-state index in [1.54, 1.807) is 12.3 Å². The van der Waals surface area contributed by atoms with Crippen molar-refractivity contribution < 1.29 is 9.53 Å². The fourth-order valence-corrected chi connectivity index (χ4v) is 3.88. The van der Waals surface area contributed by atoms with Gasteiger partial charge < -0.3 is 26.4 Å². The number of carbonyl (C=O) groups excluding carboxylic acids is 1. The molecular weight excluding hydrogens is 446 g/mol. The van der Waals surface area contributed by atoms with Crippen molar-refractivity contribution in [3.8, 4) is 23.2 Å². The van der Waals surface area contributed by atoms with Crippen LogP contribution in [0.15, 0.2) is 36.8 Å². The second-order valence-electron chi connectivity index (χ2n) is 8.53. The molecule has 0 aliphatic carbocycles. The first-order valence-electron chi connectivity index (χ1n) is 11.3. The maximum absolute atomic E-state index is 13.2. The Morgan fingerprint density at radius 2 is 2.03 bits per heavy atom. The standard InChI is InChI=1S/C24H27N9O2/c1-3-35-18-6-10-28-19(15(18)13-25)16-14-30-21(26)20(31-16)23(34)32-22-17(5-4-9-29-22)33-11-7-24(2,27)8-12-33/h4-6,9-10,14H,3,7-8,11-12,27H2,1-2H3,(H2,26,30)(H,29,32,34). The lowest BCUT2D eigenvalue weighted by molar-refractivity contribution is 0.102. The van der Waals surface area contributed by atoms with Crippen molar-refractivity contribution in [2.75, 3.05) is 35.6 Å². The lowest BCUT2D eigenvalue weighted by atomic mass is 9.91. The lowest BCUT2D eigenvalue weighted by Crippen LogP contribution is -2.48. The van der Waals surface area contributed by atoms with E-state index in [-0.39, 0.29) is 34.0 Å². The molecule has 1 saturated heterocycles. The molecule has 1 aliphatic heterocycles. The number of nitrogens with one attached hydrogen (secondary N) is 1. The predicted molar refractivity (Wildman–Crippen MR) is 132 cm³/mol. The van der Waals surface area contributed by atoms with Crippen molar-refractivity contribution in [3.63, 3.8) is 0 Å². The molecule has 11 heteroatoms. The normalized spacial score (nSPS) is 14.7. The molecule has 0 spiro atoms. The average molecular weight is 474 g/mol. The first kappa shape index (κ1) is 23.8. The van der Waals surface area contributed by atoms with Gasteiger partial charge in [-0.05, 0) is 44.9 Å². The third kappa shape index (κ3) is 5.12. The van der Waals surface area contributed by atoms with E-state index < -0.39 is 5.91 Å². The molecule has 0 aromatic carbocycles. The van der Waals surface area contributed by atoms with Gasteiger partial charge in [-0.2, -0.15) is 5.26 Å². The van der Waals surface area contributed by atoms with Crippen LogP contribution in [0.1, 0.15) is 42.7 Å². The van der Waals surface area contributed by atoms with Crippen molar-refractivity contribution >= 4 is 23.2 Å². The van der Waals surface area contributed by atoms with Crippen molar-refractivity contribution in [1.82, 2.24) is 19.9 Å². The van der Waals surface area contributed by atoms with E-state index in [0.29, 0.717) is 18.2 Å². The maximum Gasteiger partial charge on any atom is 0.279 e. The number of carbonyl (C=O) groups is 1. The second kappa shape index (κ2) is 9.90. The van der Waals surface area contributed by atoms with E-state index in [4.69, 9.17) is 16.2 Å². The molecule has 11 nitrogen and oxygen atoms in total. The first-order chi connectivity index (χ1) is 16.8. The summed E-state index contributed by atoms with van der Waals surface area (Å²) in [4.78, 5) is 32.5. The summed E-state index contributed by atoms with van der Waals surface area (Å²) in [6.07, 6.45) is 6.12. The smallest absolute Gasteiger partial charge is 0.279 e. The summed E-state index contributed by atoms with van der Waals surface area (Å²) in [6.45, 7) is 5.74. The van der Waals surface area contributed by atoms with Crippen LogP contribution < -0.4 is 26.4 Å². The number of hydrogen-bond acceptors (Lipinski definition) is 10. The van der Waals surface area contributed by atoms with Crippen molar-refractivity contribution in [1.29, 1.82) is 5.26 Å². The van der Waals surface area contributed by atoms with Gasteiger partial charge in [0, 0.05) is 31.0 Å². The number of ether oxygens (including phenoxy) is 1. The van der Waals surface area contributed by atoms with E-state index in [2.05, 4.69) is 36.2 Å². The number of piperidine rings is 1. The van der Waals surface area contributed by atoms with Crippen molar-refractivity contribution in [3.05, 3.63) is 48.0 Å². The monoisotopic (exact) mass is 473 g/mol. The van der Waals surface area contributed by atoms with Crippen molar-refractivity contribution in [2.45, 2.75) is 32.2 Å². The summed E-state index contributed by atoms with van der Waals surface area (Å²) in [6, 6.07) is 7.40. The van der Waals surface area contributed by atoms with Crippen LogP contribution in [-0.4, -0.2) is 51.1 Å². The van der Waals surface area contributed by atoms with Crippen molar-refractivity contribution in [2.24, 2.45) is 5.73 Å². The summed E-state index contributed by atoms with van der Waals surface area (Å²) >= 11 is 0. The Kier molecular flexibility index (Phi) is 6.75. The Balaban J connectivity index is 1.63. The van der Waals surface area contributed by atoms with Crippen LogP contribution in [0.2, 0.25) is 0 Å². The van der Waals surface area contributed by atoms with Gasteiger partial charge in [0.1, 0.15) is 28.8 Å². The van der Waals surface area contributed by atoms with E-state index in [9.17, 15) is 10.1 Å². The number of nitrogens with two attached hydrogens (primary N) is 2. The number of nitrogens with zero attached hydrogens (tertiary/aromatic N) is 6. The van der Waals surface area contributed by atoms with Gasteiger partial charge in [0.15, 0.2) is 17.3 Å². The Bertz CT molecular complexity index is 1280. The summed E-state index contributed by atoms with van der Waals surface area (Å²) in [5.41, 5.74) is 13.4. The minimum absolute atomic E-state index is 0.0555. The molecule has 180 valence electrons. The van der Waals surface area contributed by atoms with E-state index in [1.165, 1.54) is 12.4 Å². The van der Waals surface area contributed by atoms with Crippen LogP contribution in [-0.2, 0) is 0 Å². The highest BCUT2D eigenvalue weighted by molar-refractivity contribution is 6.06. The molecule has 4 rings (SSSR count). The number of nitriles is 1. The Morgan fingerprint density at radius 3 is 2.74 bits per heavy atom. The number of amides is 1. The molecule has 1 fully saturated rings. The quantitative estimate of drug-likeness (QED) is 0.483. The van der Waals surface area contributed by atoms with Gasteiger partial charge in [-0.25, -0.2) is 15.0 Å². The molecular formula is C24H27N9O2. The van der Waals surface area contributed by atoms with Gasteiger partial charge in [0.2, 0.25) is 0 Å². The average Bonchev–Trinajstić information content (AvgIpc) is 2.85. The lowest BCUT2D eigenvalue weighted by Gasteiger charge is -2.38. The Morgan fingerprint density at radius 1 is 1.26 bits per heavy atom. The van der Waals surface area contributed by atoms with Gasteiger partial charge in [-0.1, -0.05) is 0 Å². The molecule has 4 heterocycles. The fourth-order valence-electron chi connectivity index (χ4n) is 3.88. The largest absolute Gasteiger partial charge is 0.492 e. The zero-order chi connectivity index (χ0) is 25.0. The third-order valence-corrected chi connectivity index (χ3v) is 5.85. The number of nitrogen functional groups attached to an aromatic ring is 1. The maximum atomic E-state index is 13.2. The first-order valence-corrected chi connectivity index (χ1v) is 11.3. The molecule has 5 N–H and O–H groups in total. The number of pyridine rings is 2. The molecule has 0 atom stereocenters. The molecule has 0 saturated carbocycles. The SMILES string of the molecule is CCOc1ccnc(-c2cnc(N)c(C(=O)Nc3ncccc3N3CCC(C)(N)CC3)n2)c1C#N. The van der Waals surface area contributed by atoms with Crippen LogP contribution >= 0.6 is 0 Å². The zero-order valence-electron chi connectivity index (χ0n) is 19.7. The molecule has 0 bridgehead atoms. The van der Waals surface area contributed by atoms with Crippen LogP contribution in [0, 0.1) is 11.3 Å². The fraction of sp³-hybridized carbons (Fsp3) is 0.333. The predicted octanol–water partition coefficient (Wildman–Crippen LogP) is 2.36. The zero-order valence-corrected chi connectivity index (χ0v) is 19.7. The molecule has 3 aromatic rings. The second-order valence-corrected chi connectivity index (χ2v) is 8.53. The highest BCUT2D eigenvalue weighted by Gasteiger charge is 2.28. The van der Waals surface area contributed by atoms with Crippen LogP contribution in [0.25, 0.3) is 11.4 Å². The summed E-state index contributed by atoms with van der Waals surface area (Å²) in [5, 5.41) is 12.5. The highest BCUT2D eigenvalue weighted by atomic mass is 16.5. The van der Waals surface area contributed by atoms with Gasteiger partial charge in [0.05, 0.1) is 18.5 Å². The minimum Gasteiger partial charge on any atom is -0.492 e. The molecule has 3 aromatic heterocycles. The Hall–Kier alpha value is -4.30. The summed E-state index contributed by atoms with van der Waals surface area (Å²) in [7, 11) is 0. The third-order valence-electron chi connectivity index (χ3n) is 5.85. The highest BCUT2D eigenvalue weighted by Crippen LogP contribution is 2.30. The van der Waals surface area contributed by atoms with Gasteiger partial charge >= 0.3 is 0 Å². The number of anilines is 3. The van der Waals surface area contributed by atoms with Crippen LogP contribution in [0.5, 0.6) is 5.75 Å². The molecule has 0 radical (unpaired) electrons. The van der Waals surface area contributed by atoms with Crippen LogP contribution in [0.3, 0.4) is 0 Å². The van der Waals surface area contributed by atoms with E-state index in [0.717, 1.165) is 31.6 Å². The molecule has 1 amide bonds. The molecule has 35 heavy (non-hydrogen) atoms. The number of aromatic nitrogens is 4. The van der Waals surface area contributed by atoms with E-state index >= 15 is 0 Å². The number of rotatable bonds is 6. The molecule has 0 unspecified atom stereocenters. The minimum atomic E-state index is -0.572. The topological polar surface area (TPSA) is 169 Å². The summed E-state index contributed by atoms with van der Waals surface area (Å²) < 4.78 is 5.52. The molecule has 1 aliphatic rings. The Labute approximate surface area is 203 Å². The summed E-state index contributed by atoms with van der Waals surface area (Å²) in [5.74, 6) is 0.133. The van der Waals surface area contributed by atoms with Crippen LogP contribution in [0.4, 0.5) is 17.3 Å². The van der Waals surface area contributed by atoms with Gasteiger partial charge in [-0.3, -0.25) is 9.78 Å².